The first kappa shape index (κ1) is 15.5. The van der Waals surface area contributed by atoms with E-state index < -0.39 is 11.4 Å². The summed E-state index contributed by atoms with van der Waals surface area (Å²) in [5.41, 5.74) is 4.75. The zero-order valence-electron chi connectivity index (χ0n) is 11.4. The molecule has 110 valence electrons. The van der Waals surface area contributed by atoms with Gasteiger partial charge in [0.05, 0.1) is 6.42 Å². The van der Waals surface area contributed by atoms with Crippen LogP contribution in [-0.2, 0) is 21.5 Å². The zero-order valence-corrected chi connectivity index (χ0v) is 13.0. The highest BCUT2D eigenvalue weighted by Gasteiger charge is 2.35. The fourth-order valence-electron chi connectivity index (χ4n) is 1.97. The van der Waals surface area contributed by atoms with E-state index in [2.05, 4.69) is 5.32 Å². The number of halogens is 1. The van der Waals surface area contributed by atoms with Crippen LogP contribution in [0.5, 0.6) is 0 Å². The van der Waals surface area contributed by atoms with Gasteiger partial charge in [-0.1, -0.05) is 29.8 Å². The molecule has 0 aliphatic rings. The maximum absolute atomic E-state index is 12.1. The molecule has 21 heavy (non-hydrogen) atoms. The first-order valence-corrected chi connectivity index (χ1v) is 7.57. The molecule has 2 amide bonds. The molecule has 1 atom stereocenters. The second kappa shape index (κ2) is 6.28. The Kier molecular flexibility index (Phi) is 4.65. The van der Waals surface area contributed by atoms with E-state index in [1.54, 1.807) is 31.2 Å². The Bertz CT molecular complexity index is 657. The van der Waals surface area contributed by atoms with E-state index in [-0.39, 0.29) is 12.3 Å². The Balaban J connectivity index is 2.22. The molecule has 0 unspecified atom stereocenters. The van der Waals surface area contributed by atoms with Crippen LogP contribution in [0, 0.1) is 0 Å². The Morgan fingerprint density at radius 3 is 2.67 bits per heavy atom. The van der Waals surface area contributed by atoms with Gasteiger partial charge >= 0.3 is 0 Å². The van der Waals surface area contributed by atoms with Gasteiger partial charge in [-0.2, -0.15) is 0 Å². The van der Waals surface area contributed by atoms with Gasteiger partial charge in [0.15, 0.2) is 0 Å². The molecule has 1 heterocycles. The summed E-state index contributed by atoms with van der Waals surface area (Å²) in [5.74, 6) is -0.900. The quantitative estimate of drug-likeness (QED) is 0.887. The molecule has 1 aromatic carbocycles. The van der Waals surface area contributed by atoms with E-state index >= 15 is 0 Å². The van der Waals surface area contributed by atoms with Crippen molar-refractivity contribution in [2.75, 3.05) is 0 Å². The van der Waals surface area contributed by atoms with E-state index in [1.165, 1.54) is 11.3 Å². The van der Waals surface area contributed by atoms with Crippen molar-refractivity contribution in [2.45, 2.75) is 18.9 Å². The summed E-state index contributed by atoms with van der Waals surface area (Å²) in [6, 6.07) is 10.5. The molecular weight excluding hydrogens is 308 g/mol. The van der Waals surface area contributed by atoms with Crippen LogP contribution in [0.4, 0.5) is 0 Å². The lowest BCUT2D eigenvalue weighted by Crippen LogP contribution is -2.53. The summed E-state index contributed by atoms with van der Waals surface area (Å²) in [7, 11) is 0. The Morgan fingerprint density at radius 1 is 1.33 bits per heavy atom. The van der Waals surface area contributed by atoms with Gasteiger partial charge in [-0.3, -0.25) is 9.59 Å². The highest BCUT2D eigenvalue weighted by molar-refractivity contribution is 7.10. The first-order chi connectivity index (χ1) is 9.91. The van der Waals surface area contributed by atoms with Gasteiger partial charge in [0.2, 0.25) is 11.8 Å². The van der Waals surface area contributed by atoms with Crippen molar-refractivity contribution < 1.29 is 9.59 Å². The number of thiophene rings is 1. The molecule has 2 aromatic rings. The second-order valence-electron chi connectivity index (χ2n) is 4.80. The minimum Gasteiger partial charge on any atom is -0.367 e. The Morgan fingerprint density at radius 2 is 2.10 bits per heavy atom. The Hall–Kier alpha value is -1.85. The van der Waals surface area contributed by atoms with E-state index in [9.17, 15) is 9.59 Å². The third kappa shape index (κ3) is 3.62. The third-order valence-electron chi connectivity index (χ3n) is 3.20. The van der Waals surface area contributed by atoms with Crippen LogP contribution in [0.25, 0.3) is 0 Å². The highest BCUT2D eigenvalue weighted by Crippen LogP contribution is 2.24. The van der Waals surface area contributed by atoms with Gasteiger partial charge in [0, 0.05) is 9.90 Å². The number of amides is 2. The highest BCUT2D eigenvalue weighted by atomic mass is 35.5. The van der Waals surface area contributed by atoms with Crippen LogP contribution in [0.2, 0.25) is 5.02 Å². The van der Waals surface area contributed by atoms with Gasteiger partial charge in [-0.25, -0.2) is 0 Å². The molecular formula is C15H15ClN2O2S. The minimum absolute atomic E-state index is 0.209. The van der Waals surface area contributed by atoms with Crippen molar-refractivity contribution in [1.82, 2.24) is 5.32 Å². The van der Waals surface area contributed by atoms with Crippen molar-refractivity contribution in [3.05, 3.63) is 57.2 Å². The molecule has 0 aliphatic carbocycles. The fraction of sp³-hybridized carbons (Fsp3) is 0.200. The number of rotatable bonds is 5. The normalized spacial score (nSPS) is 13.4. The van der Waals surface area contributed by atoms with Crippen molar-refractivity contribution in [2.24, 2.45) is 5.73 Å². The molecule has 6 heteroatoms. The number of benzene rings is 1. The molecule has 3 N–H and O–H groups in total. The van der Waals surface area contributed by atoms with E-state index in [4.69, 9.17) is 17.3 Å². The van der Waals surface area contributed by atoms with Gasteiger partial charge in [0.25, 0.3) is 0 Å². The maximum atomic E-state index is 12.1. The molecule has 0 fully saturated rings. The number of hydrogen-bond donors (Lipinski definition) is 2. The van der Waals surface area contributed by atoms with Crippen LogP contribution < -0.4 is 11.1 Å². The van der Waals surface area contributed by atoms with Gasteiger partial charge in [-0.15, -0.1) is 11.3 Å². The molecule has 0 radical (unpaired) electrons. The number of nitrogens with two attached hydrogens (primary N) is 1. The molecule has 2 rings (SSSR count). The van der Waals surface area contributed by atoms with Crippen LogP contribution in [-0.4, -0.2) is 11.8 Å². The van der Waals surface area contributed by atoms with Crippen LogP contribution >= 0.6 is 22.9 Å². The molecule has 0 saturated heterocycles. The summed E-state index contributed by atoms with van der Waals surface area (Å²) in [6.45, 7) is 1.58. The van der Waals surface area contributed by atoms with Crippen molar-refractivity contribution in [1.29, 1.82) is 0 Å². The fourth-order valence-corrected chi connectivity index (χ4v) is 2.86. The first-order valence-electron chi connectivity index (χ1n) is 6.31. The number of hydrogen-bond acceptors (Lipinski definition) is 3. The topological polar surface area (TPSA) is 72.2 Å². The molecule has 0 spiro atoms. The number of carbonyl (C=O) groups excluding carboxylic acids is 2. The standard InChI is InChI=1S/C15H15ClN2O2S/c1-15(14(17)20,10-4-2-5-11(16)8-10)18-13(19)9-12-6-3-7-21-12/h2-8H,9H2,1H3,(H2,17,20)(H,18,19)/t15-/m1/s1. The largest absolute Gasteiger partial charge is 0.367 e. The molecule has 1 aromatic heterocycles. The van der Waals surface area contributed by atoms with Gasteiger partial charge in [-0.05, 0) is 36.1 Å². The number of carbonyl (C=O) groups is 2. The summed E-state index contributed by atoms with van der Waals surface area (Å²) >= 11 is 7.43. The van der Waals surface area contributed by atoms with E-state index in [0.717, 1.165) is 4.88 Å². The summed E-state index contributed by atoms with van der Waals surface area (Å²) in [6.07, 6.45) is 0.209. The monoisotopic (exact) mass is 322 g/mol. The van der Waals surface area contributed by atoms with Gasteiger partial charge < -0.3 is 11.1 Å². The summed E-state index contributed by atoms with van der Waals surface area (Å²) in [4.78, 5) is 24.9. The second-order valence-corrected chi connectivity index (χ2v) is 6.27. The Labute approximate surface area is 131 Å². The zero-order chi connectivity index (χ0) is 15.5. The van der Waals surface area contributed by atoms with Gasteiger partial charge in [0.1, 0.15) is 5.54 Å². The van der Waals surface area contributed by atoms with E-state index in [1.807, 2.05) is 17.5 Å². The molecule has 0 saturated carbocycles. The average molecular weight is 323 g/mol. The van der Waals surface area contributed by atoms with Crippen LogP contribution in [0.1, 0.15) is 17.4 Å². The van der Waals surface area contributed by atoms with E-state index in [0.29, 0.717) is 10.6 Å². The average Bonchev–Trinajstić information content (AvgIpc) is 2.91. The molecule has 0 aliphatic heterocycles. The number of primary amides is 1. The lowest BCUT2D eigenvalue weighted by atomic mass is 9.91. The summed E-state index contributed by atoms with van der Waals surface area (Å²) < 4.78 is 0. The van der Waals surface area contributed by atoms with Crippen LogP contribution in [0.15, 0.2) is 41.8 Å². The smallest absolute Gasteiger partial charge is 0.247 e. The lowest BCUT2D eigenvalue weighted by molar-refractivity contribution is -0.131. The lowest BCUT2D eigenvalue weighted by Gasteiger charge is -2.28. The number of nitrogens with one attached hydrogen (secondary N) is 1. The van der Waals surface area contributed by atoms with Crippen molar-refractivity contribution in [3.63, 3.8) is 0 Å². The van der Waals surface area contributed by atoms with Crippen molar-refractivity contribution in [3.8, 4) is 0 Å². The predicted molar refractivity (Wildman–Crippen MR) is 84.2 cm³/mol. The SMILES string of the molecule is C[C@](NC(=O)Cc1cccs1)(C(N)=O)c1cccc(Cl)c1. The minimum atomic E-state index is -1.29. The van der Waals surface area contributed by atoms with Crippen LogP contribution in [0.3, 0.4) is 0 Å². The molecule has 4 nitrogen and oxygen atoms in total. The summed E-state index contributed by atoms with van der Waals surface area (Å²) in [5, 5.41) is 5.08. The van der Waals surface area contributed by atoms with Crippen molar-refractivity contribution >= 4 is 34.8 Å². The predicted octanol–water partition coefficient (Wildman–Crippen LogP) is 2.46. The molecule has 0 bridgehead atoms. The third-order valence-corrected chi connectivity index (χ3v) is 4.31. The maximum Gasteiger partial charge on any atom is 0.247 e.